The monoisotopic (exact) mass is 444 g/mol. The molecule has 4 rings (SSSR count). The number of carbonyl (C=O) groups excluding carboxylic acids is 2. The van der Waals surface area contributed by atoms with Gasteiger partial charge in [-0.2, -0.15) is 0 Å². The molecule has 0 bridgehead atoms. The molecular formula is C26H28N4O3. The Bertz CT molecular complexity index is 1040. The van der Waals surface area contributed by atoms with Crippen LogP contribution in [0.5, 0.6) is 0 Å². The van der Waals surface area contributed by atoms with Gasteiger partial charge >= 0.3 is 0 Å². The number of nitrogens with one attached hydrogen (secondary N) is 1. The second kappa shape index (κ2) is 9.83. The number of carbonyl (C=O) groups is 2. The number of likely N-dealkylation sites (tertiary alicyclic amines) is 2. The van der Waals surface area contributed by atoms with Gasteiger partial charge in [0.25, 0.3) is 5.91 Å². The SMILES string of the molecule is C=C/C(=C\N=C(CC)N1CC2C1CN2C(=O)C(c1ccccc1)c1ccccc1)C(=O)NO. The lowest BCUT2D eigenvalue weighted by molar-refractivity contribution is -0.157. The molecule has 0 spiro atoms. The molecule has 2 aromatic rings. The molecule has 0 aliphatic carbocycles. The van der Waals surface area contributed by atoms with Crippen LogP contribution in [0.4, 0.5) is 0 Å². The first-order valence-corrected chi connectivity index (χ1v) is 11.1. The molecule has 7 nitrogen and oxygen atoms in total. The molecule has 7 heteroatoms. The van der Waals surface area contributed by atoms with E-state index in [1.54, 1.807) is 5.48 Å². The van der Waals surface area contributed by atoms with Gasteiger partial charge in [0.15, 0.2) is 0 Å². The first kappa shape index (κ1) is 22.5. The normalized spacial score (nSPS) is 20.0. The zero-order chi connectivity index (χ0) is 23.4. The average Bonchev–Trinajstić information content (AvgIpc) is 2.85. The summed E-state index contributed by atoms with van der Waals surface area (Å²) in [7, 11) is 0. The van der Waals surface area contributed by atoms with Gasteiger partial charge in [-0.25, -0.2) is 10.5 Å². The van der Waals surface area contributed by atoms with E-state index >= 15 is 0 Å². The van der Waals surface area contributed by atoms with Crippen molar-refractivity contribution in [3.8, 4) is 0 Å². The number of hydrogen-bond donors (Lipinski definition) is 2. The fourth-order valence-electron chi connectivity index (χ4n) is 4.52. The molecule has 2 fully saturated rings. The number of rotatable bonds is 7. The lowest BCUT2D eigenvalue weighted by Crippen LogP contribution is -2.80. The van der Waals surface area contributed by atoms with Crippen LogP contribution in [-0.4, -0.2) is 57.8 Å². The smallest absolute Gasteiger partial charge is 0.276 e. The molecule has 2 aliphatic rings. The number of hydrogen-bond acceptors (Lipinski definition) is 4. The molecule has 2 aliphatic heterocycles. The number of benzene rings is 2. The van der Waals surface area contributed by atoms with Crippen molar-refractivity contribution in [1.82, 2.24) is 15.3 Å². The Morgan fingerprint density at radius 2 is 1.61 bits per heavy atom. The fraction of sp³-hybridized carbons (Fsp3) is 0.269. The average molecular weight is 445 g/mol. The number of amidine groups is 1. The molecule has 2 atom stereocenters. The van der Waals surface area contributed by atoms with Gasteiger partial charge < -0.3 is 9.80 Å². The summed E-state index contributed by atoms with van der Waals surface area (Å²) >= 11 is 0. The van der Waals surface area contributed by atoms with E-state index in [-0.39, 0.29) is 29.5 Å². The second-order valence-electron chi connectivity index (χ2n) is 8.16. The van der Waals surface area contributed by atoms with Crippen molar-refractivity contribution >= 4 is 17.6 Å². The van der Waals surface area contributed by atoms with Crippen LogP contribution in [0.25, 0.3) is 0 Å². The Labute approximate surface area is 193 Å². The Balaban J connectivity index is 1.48. The third kappa shape index (κ3) is 4.32. The third-order valence-corrected chi connectivity index (χ3v) is 6.39. The Kier molecular flexibility index (Phi) is 6.70. The quantitative estimate of drug-likeness (QED) is 0.172. The number of piperazine rings is 1. The van der Waals surface area contributed by atoms with Crippen LogP contribution >= 0.6 is 0 Å². The van der Waals surface area contributed by atoms with Gasteiger partial charge in [0.1, 0.15) is 5.84 Å². The van der Waals surface area contributed by atoms with Crippen LogP contribution in [0.15, 0.2) is 90.1 Å². The van der Waals surface area contributed by atoms with E-state index in [4.69, 9.17) is 5.21 Å². The van der Waals surface area contributed by atoms with Crippen LogP contribution in [0.1, 0.15) is 30.4 Å². The number of nitrogens with zero attached hydrogens (tertiary/aromatic N) is 3. The van der Waals surface area contributed by atoms with E-state index in [2.05, 4.69) is 16.5 Å². The molecule has 0 radical (unpaired) electrons. The fourth-order valence-corrected chi connectivity index (χ4v) is 4.52. The van der Waals surface area contributed by atoms with E-state index in [0.717, 1.165) is 17.0 Å². The molecule has 2 aromatic carbocycles. The predicted octanol–water partition coefficient (Wildman–Crippen LogP) is 3.10. The zero-order valence-corrected chi connectivity index (χ0v) is 18.6. The second-order valence-corrected chi connectivity index (χ2v) is 8.16. The summed E-state index contributed by atoms with van der Waals surface area (Å²) in [5.74, 6) is -0.0105. The number of amides is 2. The van der Waals surface area contributed by atoms with Gasteiger partial charge in [-0.15, -0.1) is 0 Å². The molecule has 0 saturated carbocycles. The van der Waals surface area contributed by atoms with Gasteiger partial charge in [0, 0.05) is 25.7 Å². The molecular weight excluding hydrogens is 416 g/mol. The summed E-state index contributed by atoms with van der Waals surface area (Å²) in [6.45, 7) is 6.94. The summed E-state index contributed by atoms with van der Waals surface area (Å²) in [6.07, 6.45) is 3.45. The third-order valence-electron chi connectivity index (χ3n) is 6.39. The van der Waals surface area contributed by atoms with Crippen LogP contribution in [-0.2, 0) is 9.59 Å². The molecule has 2 heterocycles. The van der Waals surface area contributed by atoms with Gasteiger partial charge in [-0.05, 0) is 11.1 Å². The van der Waals surface area contributed by atoms with E-state index < -0.39 is 5.91 Å². The van der Waals surface area contributed by atoms with E-state index in [1.807, 2.05) is 72.5 Å². The zero-order valence-electron chi connectivity index (χ0n) is 18.6. The van der Waals surface area contributed by atoms with Crippen molar-refractivity contribution in [3.05, 3.63) is 96.2 Å². The maximum absolute atomic E-state index is 13.6. The minimum atomic E-state index is -0.654. The van der Waals surface area contributed by atoms with Crippen molar-refractivity contribution in [3.63, 3.8) is 0 Å². The molecule has 2 unspecified atom stereocenters. The Hall–Kier alpha value is -3.71. The standard InChI is InChI=1S/C26H28N4O3/c1-3-18(25(31)28-33)15-27-23(4-2)29-16-22-21(29)17-30(22)26(32)24(19-11-7-5-8-12-19)20-13-9-6-10-14-20/h3,5-15,21-22,24,33H,1,4,16-17H2,2H3,(H,28,31)/b18-15+,27-23?. The minimum Gasteiger partial charge on any atom is -0.351 e. The molecule has 33 heavy (non-hydrogen) atoms. The molecule has 170 valence electrons. The van der Waals surface area contributed by atoms with E-state index in [9.17, 15) is 9.59 Å². The Morgan fingerprint density at radius 1 is 1.06 bits per heavy atom. The first-order valence-electron chi connectivity index (χ1n) is 11.1. The molecule has 0 aromatic heterocycles. The van der Waals surface area contributed by atoms with Crippen LogP contribution < -0.4 is 5.48 Å². The molecule has 2 N–H and O–H groups in total. The van der Waals surface area contributed by atoms with Crippen LogP contribution in [0.3, 0.4) is 0 Å². The molecule has 2 amide bonds. The number of fused-ring (bicyclic) bond motifs is 1. The highest BCUT2D eigenvalue weighted by atomic mass is 16.5. The van der Waals surface area contributed by atoms with Crippen LogP contribution in [0, 0.1) is 0 Å². The van der Waals surface area contributed by atoms with Crippen LogP contribution in [0.2, 0.25) is 0 Å². The predicted molar refractivity (Wildman–Crippen MR) is 127 cm³/mol. The van der Waals surface area contributed by atoms with E-state index in [0.29, 0.717) is 19.5 Å². The topological polar surface area (TPSA) is 85.2 Å². The summed E-state index contributed by atoms with van der Waals surface area (Å²) in [6, 6.07) is 20.2. The van der Waals surface area contributed by atoms with Crippen molar-refractivity contribution in [2.45, 2.75) is 31.3 Å². The summed E-state index contributed by atoms with van der Waals surface area (Å²) in [5.41, 5.74) is 3.76. The lowest BCUT2D eigenvalue weighted by Gasteiger charge is -2.63. The van der Waals surface area contributed by atoms with Crippen molar-refractivity contribution in [2.75, 3.05) is 13.1 Å². The largest absolute Gasteiger partial charge is 0.351 e. The molecule has 2 saturated heterocycles. The highest BCUT2D eigenvalue weighted by Crippen LogP contribution is 2.38. The minimum absolute atomic E-state index is 0.122. The number of aliphatic imine (C=N–C) groups is 1. The maximum Gasteiger partial charge on any atom is 0.276 e. The van der Waals surface area contributed by atoms with Gasteiger partial charge in [0.2, 0.25) is 5.91 Å². The summed E-state index contributed by atoms with van der Waals surface area (Å²) in [5, 5.41) is 8.82. The summed E-state index contributed by atoms with van der Waals surface area (Å²) < 4.78 is 0. The van der Waals surface area contributed by atoms with Gasteiger partial charge in [0.05, 0.1) is 23.6 Å². The first-order chi connectivity index (χ1) is 16.1. The van der Waals surface area contributed by atoms with Crippen molar-refractivity contribution < 1.29 is 14.8 Å². The highest BCUT2D eigenvalue weighted by molar-refractivity contribution is 5.96. The van der Waals surface area contributed by atoms with Crippen molar-refractivity contribution in [2.24, 2.45) is 4.99 Å². The Morgan fingerprint density at radius 3 is 2.06 bits per heavy atom. The van der Waals surface area contributed by atoms with Gasteiger partial charge in [-0.3, -0.25) is 14.8 Å². The number of hydroxylamine groups is 1. The van der Waals surface area contributed by atoms with Crippen molar-refractivity contribution in [1.29, 1.82) is 0 Å². The highest BCUT2D eigenvalue weighted by Gasteiger charge is 2.55. The lowest BCUT2D eigenvalue weighted by atomic mass is 9.81. The van der Waals surface area contributed by atoms with E-state index in [1.165, 1.54) is 12.3 Å². The summed E-state index contributed by atoms with van der Waals surface area (Å²) in [4.78, 5) is 33.8. The van der Waals surface area contributed by atoms with Gasteiger partial charge in [-0.1, -0.05) is 80.2 Å². The maximum atomic E-state index is 13.6.